The fourth-order valence-corrected chi connectivity index (χ4v) is 7.69. The second-order valence-corrected chi connectivity index (χ2v) is 12.4. The number of hydrogen-bond donors (Lipinski definition) is 7. The van der Waals surface area contributed by atoms with Gasteiger partial charge in [-0.25, -0.2) is 0 Å². The molecule has 0 bridgehead atoms. The van der Waals surface area contributed by atoms with Gasteiger partial charge in [-0.15, -0.1) is 0 Å². The van der Waals surface area contributed by atoms with E-state index in [0.29, 0.717) is 16.9 Å². The first-order valence-corrected chi connectivity index (χ1v) is 15.7. The van der Waals surface area contributed by atoms with Crippen molar-refractivity contribution in [1.82, 2.24) is 0 Å². The molecule has 2 aromatic carbocycles. The summed E-state index contributed by atoms with van der Waals surface area (Å²) in [5, 5.41) is 80.9. The molecular formula is C35H42O12. The predicted molar refractivity (Wildman–Crippen MR) is 167 cm³/mol. The quantitative estimate of drug-likeness (QED) is 0.146. The molecule has 3 aliphatic rings. The lowest BCUT2D eigenvalue weighted by Gasteiger charge is -2.52. The number of allylic oxidation sites excluding steroid dienone is 1. The zero-order chi connectivity index (χ0) is 34.6. The number of hydrogen-bond acceptors (Lipinski definition) is 12. The van der Waals surface area contributed by atoms with E-state index >= 15 is 0 Å². The fraction of sp³-hybridized carbons (Fsp3) is 0.486. The molecular weight excluding hydrogens is 612 g/mol. The van der Waals surface area contributed by atoms with Crippen LogP contribution < -0.4 is 4.74 Å². The lowest BCUT2D eigenvalue weighted by atomic mass is 9.56. The van der Waals surface area contributed by atoms with Gasteiger partial charge in [0.25, 0.3) is 5.97 Å². The van der Waals surface area contributed by atoms with Crippen LogP contribution in [0.2, 0.25) is 0 Å². The SMILES string of the molecule is CCOC(O)(OCC)C(Cc1ccc2c(c1O)C(O)C1=C(O)C3(O)C(O)=C(C(C)=O)C(=O)CC3C(O)C1C2C)c1ccc(OC)cc1. The highest BCUT2D eigenvalue weighted by Crippen LogP contribution is 2.59. The molecule has 3 aliphatic carbocycles. The third kappa shape index (κ3) is 5.33. The van der Waals surface area contributed by atoms with Crippen molar-refractivity contribution in [2.45, 2.75) is 76.2 Å². The maximum absolute atomic E-state index is 12.8. The first-order valence-electron chi connectivity index (χ1n) is 15.7. The number of Topliss-reactive ketones (excluding diaryl/α,β-unsaturated/α-hetero) is 2. The van der Waals surface area contributed by atoms with Crippen LogP contribution in [0, 0.1) is 11.8 Å². The van der Waals surface area contributed by atoms with E-state index in [1.165, 1.54) is 7.11 Å². The Labute approximate surface area is 272 Å². The van der Waals surface area contributed by atoms with Crippen molar-refractivity contribution in [3.05, 3.63) is 81.3 Å². The minimum absolute atomic E-state index is 0.00552. The molecule has 47 heavy (non-hydrogen) atoms. The van der Waals surface area contributed by atoms with E-state index in [-0.39, 0.29) is 42.1 Å². The number of aliphatic hydroxyl groups excluding tert-OH is 4. The number of ketones is 2. The van der Waals surface area contributed by atoms with E-state index in [1.54, 1.807) is 57.2 Å². The van der Waals surface area contributed by atoms with Crippen LogP contribution in [0.25, 0.3) is 0 Å². The third-order valence-corrected chi connectivity index (χ3v) is 9.96. The van der Waals surface area contributed by atoms with Gasteiger partial charge < -0.3 is 50.0 Å². The Morgan fingerprint density at radius 1 is 1.02 bits per heavy atom. The summed E-state index contributed by atoms with van der Waals surface area (Å²) < 4.78 is 16.7. The van der Waals surface area contributed by atoms with Crippen molar-refractivity contribution < 1.29 is 59.5 Å². The predicted octanol–water partition coefficient (Wildman–Crippen LogP) is 3.12. The molecule has 0 radical (unpaired) electrons. The van der Waals surface area contributed by atoms with Gasteiger partial charge >= 0.3 is 0 Å². The molecule has 0 amide bonds. The fourth-order valence-electron chi connectivity index (χ4n) is 7.69. The number of carbonyl (C=O) groups is 2. The number of methoxy groups -OCH3 is 1. The van der Waals surface area contributed by atoms with Gasteiger partial charge in [0.05, 0.1) is 19.1 Å². The van der Waals surface area contributed by atoms with Crippen molar-refractivity contribution in [2.24, 2.45) is 11.8 Å². The Morgan fingerprint density at radius 2 is 1.64 bits per heavy atom. The van der Waals surface area contributed by atoms with Crippen LogP contribution in [0.3, 0.4) is 0 Å². The molecule has 12 heteroatoms. The Balaban J connectivity index is 1.65. The van der Waals surface area contributed by atoms with Crippen molar-refractivity contribution in [3.8, 4) is 11.5 Å². The molecule has 0 aliphatic heterocycles. The number of aliphatic hydroxyl groups is 6. The summed E-state index contributed by atoms with van der Waals surface area (Å²) in [7, 11) is 1.52. The second-order valence-electron chi connectivity index (χ2n) is 12.4. The maximum Gasteiger partial charge on any atom is 0.287 e. The summed E-state index contributed by atoms with van der Waals surface area (Å²) in [4.78, 5) is 25.0. The average Bonchev–Trinajstić information content (AvgIpc) is 3.02. The Kier molecular flexibility index (Phi) is 9.32. The van der Waals surface area contributed by atoms with Crippen molar-refractivity contribution in [1.29, 1.82) is 0 Å². The van der Waals surface area contributed by atoms with Crippen LogP contribution in [-0.2, 0) is 25.5 Å². The van der Waals surface area contributed by atoms with E-state index in [4.69, 9.17) is 14.2 Å². The molecule has 0 saturated carbocycles. The summed E-state index contributed by atoms with van der Waals surface area (Å²) >= 11 is 0. The molecule has 0 aromatic heterocycles. The maximum atomic E-state index is 12.8. The molecule has 12 nitrogen and oxygen atoms in total. The van der Waals surface area contributed by atoms with E-state index in [9.17, 15) is 45.3 Å². The van der Waals surface area contributed by atoms with E-state index < -0.39 is 82.5 Å². The molecule has 0 spiro atoms. The molecule has 2 aromatic rings. The van der Waals surface area contributed by atoms with E-state index in [0.717, 1.165) is 6.92 Å². The number of fused-ring (bicyclic) bond motifs is 3. The topological polar surface area (TPSA) is 203 Å². The van der Waals surface area contributed by atoms with Gasteiger partial charge in [-0.3, -0.25) is 9.59 Å². The minimum Gasteiger partial charge on any atom is -0.509 e. The lowest BCUT2D eigenvalue weighted by molar-refractivity contribution is -0.369. The Bertz CT molecular complexity index is 1620. The summed E-state index contributed by atoms with van der Waals surface area (Å²) in [5.41, 5.74) is -2.34. The highest BCUT2D eigenvalue weighted by atomic mass is 16.8. The van der Waals surface area contributed by atoms with Crippen LogP contribution in [-0.4, -0.2) is 85.3 Å². The largest absolute Gasteiger partial charge is 0.509 e. The normalized spacial score (nSPS) is 28.0. The van der Waals surface area contributed by atoms with Gasteiger partial charge in [0.2, 0.25) is 0 Å². The monoisotopic (exact) mass is 654 g/mol. The summed E-state index contributed by atoms with van der Waals surface area (Å²) in [6.07, 6.45) is -3.87. The number of benzene rings is 2. The second kappa shape index (κ2) is 12.7. The minimum atomic E-state index is -2.73. The number of phenolic OH excluding ortho intramolecular Hbond substituents is 1. The Hall–Kier alpha value is -3.78. The number of phenols is 1. The van der Waals surface area contributed by atoms with Crippen LogP contribution in [0.15, 0.2) is 59.1 Å². The number of aromatic hydroxyl groups is 1. The molecule has 7 N–H and O–H groups in total. The van der Waals surface area contributed by atoms with Crippen LogP contribution in [0.4, 0.5) is 0 Å². The molecule has 7 unspecified atom stereocenters. The first-order chi connectivity index (χ1) is 22.2. The van der Waals surface area contributed by atoms with Gasteiger partial charge in [0, 0.05) is 42.6 Å². The van der Waals surface area contributed by atoms with Crippen molar-refractivity contribution >= 4 is 11.6 Å². The molecule has 0 saturated heterocycles. The van der Waals surface area contributed by atoms with Gasteiger partial charge in [0.1, 0.15) is 34.7 Å². The average molecular weight is 655 g/mol. The van der Waals surface area contributed by atoms with Gasteiger partial charge in [-0.05, 0) is 61.9 Å². The van der Waals surface area contributed by atoms with Crippen LogP contribution in [0.5, 0.6) is 11.5 Å². The molecule has 254 valence electrons. The number of ether oxygens (including phenoxy) is 3. The molecule has 5 rings (SSSR count). The van der Waals surface area contributed by atoms with Gasteiger partial charge in [-0.2, -0.15) is 0 Å². The number of rotatable bonds is 10. The lowest BCUT2D eigenvalue weighted by Crippen LogP contribution is -2.59. The summed E-state index contributed by atoms with van der Waals surface area (Å²) in [6, 6.07) is 10.2. The van der Waals surface area contributed by atoms with E-state index in [2.05, 4.69) is 0 Å². The highest BCUT2D eigenvalue weighted by Gasteiger charge is 2.62. The zero-order valence-electron chi connectivity index (χ0n) is 26.9. The molecule has 7 atom stereocenters. The highest BCUT2D eigenvalue weighted by molar-refractivity contribution is 6.20. The smallest absolute Gasteiger partial charge is 0.287 e. The molecule has 0 heterocycles. The first kappa shape index (κ1) is 34.6. The van der Waals surface area contributed by atoms with E-state index in [1.807, 2.05) is 0 Å². The number of carbonyl (C=O) groups excluding carboxylic acids is 2. The Morgan fingerprint density at radius 3 is 2.19 bits per heavy atom. The summed E-state index contributed by atoms with van der Waals surface area (Å²) in [6.45, 7) is 6.35. The van der Waals surface area contributed by atoms with Crippen LogP contribution in [0.1, 0.15) is 74.3 Å². The standard InChI is InChI=1S/C35H42O12/c1-6-46-35(44,47-7-2)22(18-8-11-20(45-5)12-9-18)14-19-10-13-21-16(3)25-28(31(40)27(21)29(19)38)33(42)34(43)23(30(25)39)15-24(37)26(17(4)36)32(34)41/h8-13,16,22-23,25,30-31,38-44H,6-7,14-15H2,1-5H3. The van der Waals surface area contributed by atoms with Gasteiger partial charge in [-0.1, -0.05) is 31.2 Å². The summed E-state index contributed by atoms with van der Waals surface area (Å²) in [5.74, 6) is -9.44. The zero-order valence-corrected chi connectivity index (χ0v) is 26.9. The molecule has 0 fully saturated rings. The van der Waals surface area contributed by atoms with Gasteiger partial charge in [0.15, 0.2) is 17.2 Å². The van der Waals surface area contributed by atoms with Crippen molar-refractivity contribution in [2.75, 3.05) is 20.3 Å². The van der Waals surface area contributed by atoms with Crippen molar-refractivity contribution in [3.63, 3.8) is 0 Å². The third-order valence-electron chi connectivity index (χ3n) is 9.96. The van der Waals surface area contributed by atoms with Crippen LogP contribution >= 0.6 is 0 Å².